The summed E-state index contributed by atoms with van der Waals surface area (Å²) in [7, 11) is 4.02. The van der Waals surface area contributed by atoms with Crippen molar-refractivity contribution < 1.29 is 4.79 Å². The van der Waals surface area contributed by atoms with E-state index in [0.717, 1.165) is 42.3 Å². The SMILES string of the molecule is CCCCCCCCCCCCCC(=O)N1CCc2nc(C)nc(N(C)C)c2C1. The highest BCUT2D eigenvalue weighted by atomic mass is 16.2. The average Bonchev–Trinajstić information content (AvgIpc) is 2.70. The molecule has 0 N–H and O–H groups in total. The molecule has 0 aliphatic carbocycles. The molecule has 2 heterocycles. The molecule has 0 radical (unpaired) electrons. The van der Waals surface area contributed by atoms with Gasteiger partial charge in [0, 0.05) is 39.0 Å². The molecule has 1 aromatic rings. The Bertz CT molecular complexity index is 630. The van der Waals surface area contributed by atoms with Crippen molar-refractivity contribution >= 4 is 11.7 Å². The van der Waals surface area contributed by atoms with Crippen LogP contribution in [0.3, 0.4) is 0 Å². The molecule has 1 aliphatic heterocycles. The summed E-state index contributed by atoms with van der Waals surface area (Å²) in [6.45, 7) is 5.65. The van der Waals surface area contributed by atoms with Gasteiger partial charge in [0.15, 0.2) is 0 Å². The minimum absolute atomic E-state index is 0.289. The van der Waals surface area contributed by atoms with Crippen molar-refractivity contribution in [2.45, 2.75) is 104 Å². The zero-order chi connectivity index (χ0) is 21.1. The molecule has 1 aromatic heterocycles. The summed E-state index contributed by atoms with van der Waals surface area (Å²) < 4.78 is 0. The number of aromatic nitrogens is 2. The highest BCUT2D eigenvalue weighted by molar-refractivity contribution is 5.76. The molecule has 0 saturated carbocycles. The van der Waals surface area contributed by atoms with Gasteiger partial charge in [-0.15, -0.1) is 0 Å². The molecule has 0 atom stereocenters. The molecule has 5 nitrogen and oxygen atoms in total. The lowest BCUT2D eigenvalue weighted by Crippen LogP contribution is -2.37. The molecule has 0 bridgehead atoms. The number of nitrogens with zero attached hydrogens (tertiary/aromatic N) is 4. The van der Waals surface area contributed by atoms with Crippen LogP contribution < -0.4 is 4.90 Å². The van der Waals surface area contributed by atoms with Gasteiger partial charge in [-0.3, -0.25) is 4.79 Å². The maximum absolute atomic E-state index is 12.7. The van der Waals surface area contributed by atoms with Crippen molar-refractivity contribution in [2.75, 3.05) is 25.5 Å². The Morgan fingerprint density at radius 2 is 1.52 bits per heavy atom. The summed E-state index contributed by atoms with van der Waals surface area (Å²) in [4.78, 5) is 25.9. The number of fused-ring (bicyclic) bond motifs is 1. The number of unbranched alkanes of at least 4 members (excludes halogenated alkanes) is 10. The molecule has 1 aliphatic rings. The van der Waals surface area contributed by atoms with Crippen molar-refractivity contribution in [3.8, 4) is 0 Å². The molecule has 0 spiro atoms. The van der Waals surface area contributed by atoms with Gasteiger partial charge in [0.1, 0.15) is 11.6 Å². The van der Waals surface area contributed by atoms with Gasteiger partial charge < -0.3 is 9.80 Å². The smallest absolute Gasteiger partial charge is 0.222 e. The van der Waals surface area contributed by atoms with Crippen LogP contribution in [-0.2, 0) is 17.8 Å². The van der Waals surface area contributed by atoms with Crippen molar-refractivity contribution in [3.63, 3.8) is 0 Å². The number of hydrogen-bond acceptors (Lipinski definition) is 4. The first-order chi connectivity index (χ1) is 14.0. The van der Waals surface area contributed by atoms with E-state index in [1.807, 2.05) is 30.8 Å². The Labute approximate surface area is 178 Å². The third-order valence-electron chi connectivity index (χ3n) is 5.92. The number of hydrogen-bond donors (Lipinski definition) is 0. The Kier molecular flexibility index (Phi) is 10.4. The van der Waals surface area contributed by atoms with Crippen LogP contribution in [0.15, 0.2) is 0 Å². The van der Waals surface area contributed by atoms with Crippen LogP contribution in [0.2, 0.25) is 0 Å². The first-order valence-corrected chi connectivity index (χ1v) is 11.8. The van der Waals surface area contributed by atoms with Crippen molar-refractivity contribution in [3.05, 3.63) is 17.1 Å². The number of anilines is 1. The second kappa shape index (κ2) is 12.8. The van der Waals surface area contributed by atoms with Crippen LogP contribution in [0.5, 0.6) is 0 Å². The Morgan fingerprint density at radius 3 is 2.10 bits per heavy atom. The normalized spacial score (nSPS) is 13.4. The van der Waals surface area contributed by atoms with Gasteiger partial charge >= 0.3 is 0 Å². The summed E-state index contributed by atoms with van der Waals surface area (Å²) >= 11 is 0. The second-order valence-corrected chi connectivity index (χ2v) is 8.76. The molecule has 1 amide bonds. The van der Waals surface area contributed by atoms with E-state index in [2.05, 4.69) is 16.9 Å². The Hall–Kier alpha value is -1.65. The molecule has 29 heavy (non-hydrogen) atoms. The van der Waals surface area contributed by atoms with E-state index in [9.17, 15) is 4.79 Å². The van der Waals surface area contributed by atoms with Gasteiger partial charge in [-0.2, -0.15) is 0 Å². The van der Waals surface area contributed by atoms with Gasteiger partial charge in [0.2, 0.25) is 5.91 Å². The minimum atomic E-state index is 0.289. The van der Waals surface area contributed by atoms with Gasteiger partial charge in [-0.1, -0.05) is 71.1 Å². The summed E-state index contributed by atoms with van der Waals surface area (Å²) in [5, 5.41) is 0. The van der Waals surface area contributed by atoms with E-state index in [-0.39, 0.29) is 5.91 Å². The molecule has 0 aromatic carbocycles. The number of aryl methyl sites for hydroxylation is 1. The highest BCUT2D eigenvalue weighted by Crippen LogP contribution is 2.26. The average molecular weight is 403 g/mol. The van der Waals surface area contributed by atoms with Gasteiger partial charge in [-0.25, -0.2) is 9.97 Å². The number of rotatable bonds is 13. The van der Waals surface area contributed by atoms with Crippen LogP contribution in [0, 0.1) is 6.92 Å². The van der Waals surface area contributed by atoms with Crippen LogP contribution in [-0.4, -0.2) is 41.4 Å². The van der Waals surface area contributed by atoms with Crippen molar-refractivity contribution in [2.24, 2.45) is 0 Å². The van der Waals surface area contributed by atoms with E-state index in [4.69, 9.17) is 0 Å². The fraction of sp³-hybridized carbons (Fsp3) is 0.792. The summed E-state index contributed by atoms with van der Waals surface area (Å²) in [6, 6.07) is 0. The standard InChI is InChI=1S/C24H42N4O/c1-5-6-7-8-9-10-11-12-13-14-15-16-23(29)28-18-17-22-21(19-28)24(27(3)4)26-20(2)25-22/h5-19H2,1-4H3. The molecule has 5 heteroatoms. The maximum Gasteiger partial charge on any atom is 0.222 e. The van der Waals surface area contributed by atoms with Gasteiger partial charge in [0.25, 0.3) is 0 Å². The van der Waals surface area contributed by atoms with E-state index < -0.39 is 0 Å². The van der Waals surface area contributed by atoms with Crippen LogP contribution in [0.25, 0.3) is 0 Å². The maximum atomic E-state index is 12.7. The fourth-order valence-electron chi connectivity index (χ4n) is 4.20. The molecule has 0 fully saturated rings. The summed E-state index contributed by atoms with van der Waals surface area (Å²) in [5.41, 5.74) is 2.24. The quantitative estimate of drug-likeness (QED) is 0.412. The summed E-state index contributed by atoms with van der Waals surface area (Å²) in [6.07, 6.45) is 16.0. The first kappa shape index (κ1) is 23.6. The Balaban J connectivity index is 1.64. The van der Waals surface area contributed by atoms with Crippen LogP contribution >= 0.6 is 0 Å². The molecule has 0 saturated heterocycles. The lowest BCUT2D eigenvalue weighted by molar-refractivity contribution is -0.132. The van der Waals surface area contributed by atoms with Gasteiger partial charge in [0.05, 0.1) is 12.2 Å². The largest absolute Gasteiger partial charge is 0.362 e. The second-order valence-electron chi connectivity index (χ2n) is 8.76. The third kappa shape index (κ3) is 7.94. The molecular weight excluding hydrogens is 360 g/mol. The predicted octanol–water partition coefficient (Wildman–Crippen LogP) is 5.44. The van der Waals surface area contributed by atoms with E-state index >= 15 is 0 Å². The van der Waals surface area contributed by atoms with Crippen molar-refractivity contribution in [1.82, 2.24) is 14.9 Å². The molecule has 164 valence electrons. The molecule has 2 rings (SSSR count). The lowest BCUT2D eigenvalue weighted by Gasteiger charge is -2.31. The number of carbonyl (C=O) groups is 1. The molecule has 0 unspecified atom stereocenters. The topological polar surface area (TPSA) is 49.3 Å². The fourth-order valence-corrected chi connectivity index (χ4v) is 4.20. The predicted molar refractivity (Wildman–Crippen MR) is 121 cm³/mol. The van der Waals surface area contributed by atoms with E-state index in [0.29, 0.717) is 13.0 Å². The zero-order valence-electron chi connectivity index (χ0n) is 19.3. The highest BCUT2D eigenvalue weighted by Gasteiger charge is 2.25. The van der Waals surface area contributed by atoms with E-state index in [1.165, 1.54) is 64.2 Å². The third-order valence-corrected chi connectivity index (χ3v) is 5.92. The zero-order valence-corrected chi connectivity index (χ0v) is 19.3. The van der Waals surface area contributed by atoms with Crippen LogP contribution in [0.1, 0.15) is 101 Å². The monoisotopic (exact) mass is 402 g/mol. The first-order valence-electron chi connectivity index (χ1n) is 11.8. The summed E-state index contributed by atoms with van der Waals surface area (Å²) in [5.74, 6) is 2.06. The van der Waals surface area contributed by atoms with E-state index in [1.54, 1.807) is 0 Å². The van der Waals surface area contributed by atoms with Crippen molar-refractivity contribution in [1.29, 1.82) is 0 Å². The lowest BCUT2D eigenvalue weighted by atomic mass is 10.0. The molecular formula is C24H42N4O. The minimum Gasteiger partial charge on any atom is -0.362 e. The number of amides is 1. The Morgan fingerprint density at radius 1 is 0.931 bits per heavy atom. The van der Waals surface area contributed by atoms with Crippen LogP contribution in [0.4, 0.5) is 5.82 Å². The number of carbonyl (C=O) groups excluding carboxylic acids is 1. The van der Waals surface area contributed by atoms with Gasteiger partial charge in [-0.05, 0) is 13.3 Å².